The number of hydrogen-bond acceptors (Lipinski definition) is 1. The van der Waals surface area contributed by atoms with Crippen LogP contribution in [0.25, 0.3) is 0 Å². The molecule has 15 heavy (non-hydrogen) atoms. The molecular formula is C14H26O. The summed E-state index contributed by atoms with van der Waals surface area (Å²) in [7, 11) is 0. The molecule has 1 N–H and O–H groups in total. The van der Waals surface area contributed by atoms with Crippen LogP contribution >= 0.6 is 0 Å². The number of aliphatic hydroxyl groups is 1. The molecular weight excluding hydrogens is 184 g/mol. The molecule has 1 aliphatic carbocycles. The lowest BCUT2D eigenvalue weighted by Gasteiger charge is -2.47. The first-order valence-electron chi connectivity index (χ1n) is 6.26. The fraction of sp³-hybridized carbons (Fsp3) is 0.857. The van der Waals surface area contributed by atoms with Gasteiger partial charge in [0, 0.05) is 5.92 Å². The predicted octanol–water partition coefficient (Wildman–Crippen LogP) is 3.63. The van der Waals surface area contributed by atoms with Crippen LogP contribution in [0.15, 0.2) is 12.7 Å². The predicted molar refractivity (Wildman–Crippen MR) is 65.7 cm³/mol. The van der Waals surface area contributed by atoms with Crippen LogP contribution in [0.5, 0.6) is 0 Å². The summed E-state index contributed by atoms with van der Waals surface area (Å²) in [5.74, 6) is 1.84. The Morgan fingerprint density at radius 1 is 1.33 bits per heavy atom. The quantitative estimate of drug-likeness (QED) is 0.705. The first kappa shape index (κ1) is 12.8. The Bertz CT molecular complexity index is 221. The molecule has 1 heteroatoms. The van der Waals surface area contributed by atoms with Crippen LogP contribution in [-0.2, 0) is 0 Å². The third-order valence-electron chi connectivity index (χ3n) is 4.23. The summed E-state index contributed by atoms with van der Waals surface area (Å²) in [4.78, 5) is 0. The third-order valence-corrected chi connectivity index (χ3v) is 4.23. The summed E-state index contributed by atoms with van der Waals surface area (Å²) in [6.45, 7) is 12.6. The molecule has 0 aromatic carbocycles. The van der Waals surface area contributed by atoms with E-state index in [4.69, 9.17) is 0 Å². The van der Waals surface area contributed by atoms with Gasteiger partial charge in [-0.25, -0.2) is 0 Å². The highest BCUT2D eigenvalue weighted by Gasteiger charge is 2.45. The average Bonchev–Trinajstić information content (AvgIpc) is 2.15. The van der Waals surface area contributed by atoms with Gasteiger partial charge in [0.15, 0.2) is 0 Å². The zero-order valence-electron chi connectivity index (χ0n) is 10.7. The van der Waals surface area contributed by atoms with Crippen molar-refractivity contribution in [1.29, 1.82) is 0 Å². The van der Waals surface area contributed by atoms with Gasteiger partial charge in [0.05, 0.1) is 5.60 Å². The maximum Gasteiger partial charge on any atom is 0.0740 e. The van der Waals surface area contributed by atoms with Gasteiger partial charge in [-0.2, -0.15) is 0 Å². The second-order valence-corrected chi connectivity index (χ2v) is 5.75. The minimum atomic E-state index is -0.520. The molecule has 0 amide bonds. The molecule has 0 aromatic rings. The molecule has 0 spiro atoms. The second-order valence-electron chi connectivity index (χ2n) is 5.75. The third kappa shape index (κ3) is 2.44. The minimum Gasteiger partial charge on any atom is -0.389 e. The lowest BCUT2D eigenvalue weighted by molar-refractivity contribution is -0.105. The van der Waals surface area contributed by atoms with E-state index in [0.29, 0.717) is 17.8 Å². The Morgan fingerprint density at radius 3 is 2.40 bits per heavy atom. The van der Waals surface area contributed by atoms with Gasteiger partial charge in [-0.1, -0.05) is 40.2 Å². The maximum absolute atomic E-state index is 10.9. The summed E-state index contributed by atoms with van der Waals surface area (Å²) < 4.78 is 0. The van der Waals surface area contributed by atoms with Crippen LogP contribution in [0.4, 0.5) is 0 Å². The molecule has 0 radical (unpaired) electrons. The molecule has 88 valence electrons. The Hall–Kier alpha value is -0.300. The first-order chi connectivity index (χ1) is 6.91. The van der Waals surface area contributed by atoms with Crippen LogP contribution in [-0.4, -0.2) is 10.7 Å². The van der Waals surface area contributed by atoms with Crippen LogP contribution in [0, 0.1) is 23.7 Å². The molecule has 4 atom stereocenters. The van der Waals surface area contributed by atoms with Crippen molar-refractivity contribution in [2.24, 2.45) is 23.7 Å². The summed E-state index contributed by atoms with van der Waals surface area (Å²) in [6, 6.07) is 0. The fourth-order valence-corrected chi connectivity index (χ4v) is 3.16. The largest absolute Gasteiger partial charge is 0.389 e. The molecule has 1 fully saturated rings. The van der Waals surface area contributed by atoms with E-state index >= 15 is 0 Å². The van der Waals surface area contributed by atoms with Crippen LogP contribution in [0.2, 0.25) is 0 Å². The van der Waals surface area contributed by atoms with Gasteiger partial charge in [-0.3, -0.25) is 0 Å². The Labute approximate surface area is 94.6 Å². The van der Waals surface area contributed by atoms with Gasteiger partial charge < -0.3 is 5.11 Å². The molecule has 1 unspecified atom stereocenters. The Balaban J connectivity index is 2.90. The molecule has 0 saturated heterocycles. The van der Waals surface area contributed by atoms with E-state index in [1.807, 2.05) is 6.08 Å². The van der Waals surface area contributed by atoms with Crippen molar-refractivity contribution in [2.75, 3.05) is 0 Å². The van der Waals surface area contributed by atoms with Gasteiger partial charge in [0.2, 0.25) is 0 Å². The van der Waals surface area contributed by atoms with Crippen molar-refractivity contribution in [1.82, 2.24) is 0 Å². The molecule has 0 bridgehead atoms. The van der Waals surface area contributed by atoms with Crippen molar-refractivity contribution < 1.29 is 5.11 Å². The second kappa shape index (κ2) is 4.69. The van der Waals surface area contributed by atoms with Gasteiger partial charge in [-0.05, 0) is 30.6 Å². The zero-order chi connectivity index (χ0) is 11.6. The van der Waals surface area contributed by atoms with Crippen LogP contribution in [0.3, 0.4) is 0 Å². The van der Waals surface area contributed by atoms with Crippen molar-refractivity contribution in [3.63, 3.8) is 0 Å². The van der Waals surface area contributed by atoms with Crippen molar-refractivity contribution >= 4 is 0 Å². The topological polar surface area (TPSA) is 20.2 Å². The first-order valence-corrected chi connectivity index (χ1v) is 6.26. The molecule has 0 aromatic heterocycles. The standard InChI is InChI=1S/C14H26O/c1-6-12(5)14(15)9-11(4)7-8-13(14)10(2)3/h6,10-13,15H,1,7-9H2,2-5H3/t11-,12?,13+,14+/m1/s1. The Morgan fingerprint density at radius 2 is 1.93 bits per heavy atom. The lowest BCUT2D eigenvalue weighted by atomic mass is 9.62. The van der Waals surface area contributed by atoms with Crippen molar-refractivity contribution in [3.8, 4) is 0 Å². The van der Waals surface area contributed by atoms with Gasteiger partial charge in [0.25, 0.3) is 0 Å². The van der Waals surface area contributed by atoms with Crippen LogP contribution in [0.1, 0.15) is 47.0 Å². The van der Waals surface area contributed by atoms with Gasteiger partial charge in [0.1, 0.15) is 0 Å². The molecule has 1 saturated carbocycles. The van der Waals surface area contributed by atoms with E-state index in [9.17, 15) is 5.11 Å². The molecule has 0 aliphatic heterocycles. The normalized spacial score (nSPS) is 39.1. The zero-order valence-corrected chi connectivity index (χ0v) is 10.7. The van der Waals surface area contributed by atoms with E-state index in [0.717, 1.165) is 12.8 Å². The lowest BCUT2D eigenvalue weighted by Crippen LogP contribution is -2.49. The molecule has 1 rings (SSSR count). The molecule has 1 aliphatic rings. The highest BCUT2D eigenvalue weighted by molar-refractivity contribution is 5.01. The number of rotatable bonds is 3. The highest BCUT2D eigenvalue weighted by Crippen LogP contribution is 2.45. The summed E-state index contributed by atoms with van der Waals surface area (Å²) in [5.41, 5.74) is -0.520. The summed E-state index contributed by atoms with van der Waals surface area (Å²) in [6.07, 6.45) is 5.26. The maximum atomic E-state index is 10.9. The SMILES string of the molecule is C=CC(C)[C@@]1(O)C[C@H](C)CC[C@H]1C(C)C. The van der Waals surface area contributed by atoms with Crippen LogP contribution < -0.4 is 0 Å². The fourth-order valence-electron chi connectivity index (χ4n) is 3.16. The van der Waals surface area contributed by atoms with E-state index < -0.39 is 5.60 Å². The average molecular weight is 210 g/mol. The highest BCUT2D eigenvalue weighted by atomic mass is 16.3. The van der Waals surface area contributed by atoms with Crippen molar-refractivity contribution in [2.45, 2.75) is 52.6 Å². The van der Waals surface area contributed by atoms with E-state index in [-0.39, 0.29) is 5.92 Å². The van der Waals surface area contributed by atoms with Crippen molar-refractivity contribution in [3.05, 3.63) is 12.7 Å². The summed E-state index contributed by atoms with van der Waals surface area (Å²) in [5, 5.41) is 10.9. The van der Waals surface area contributed by atoms with E-state index in [2.05, 4.69) is 34.3 Å². The molecule has 0 heterocycles. The number of hydrogen-bond donors (Lipinski definition) is 1. The minimum absolute atomic E-state index is 0.202. The Kier molecular flexibility index (Phi) is 3.99. The monoisotopic (exact) mass is 210 g/mol. The van der Waals surface area contributed by atoms with Gasteiger partial charge in [-0.15, -0.1) is 6.58 Å². The molecule has 1 nitrogen and oxygen atoms in total. The summed E-state index contributed by atoms with van der Waals surface area (Å²) >= 11 is 0. The smallest absolute Gasteiger partial charge is 0.0740 e. The van der Waals surface area contributed by atoms with E-state index in [1.54, 1.807) is 0 Å². The van der Waals surface area contributed by atoms with Gasteiger partial charge >= 0.3 is 0 Å². The van der Waals surface area contributed by atoms with E-state index in [1.165, 1.54) is 6.42 Å².